The van der Waals surface area contributed by atoms with Crippen molar-refractivity contribution in [1.29, 1.82) is 0 Å². The summed E-state index contributed by atoms with van der Waals surface area (Å²) in [5.41, 5.74) is -0.919. The Labute approximate surface area is 267 Å². The van der Waals surface area contributed by atoms with E-state index in [4.69, 9.17) is 27.9 Å². The van der Waals surface area contributed by atoms with Crippen LogP contribution in [0, 0.1) is 28.5 Å². The highest BCUT2D eigenvalue weighted by atomic mass is 35.5. The van der Waals surface area contributed by atoms with E-state index in [9.17, 15) is 14.4 Å². The van der Waals surface area contributed by atoms with Gasteiger partial charge in [0.15, 0.2) is 11.0 Å². The maximum Gasteiger partial charge on any atom is 0.251 e. The highest BCUT2D eigenvalue weighted by molar-refractivity contribution is 6.30. The number of ketones is 1. The van der Waals surface area contributed by atoms with Crippen molar-refractivity contribution in [2.45, 2.75) is 82.7 Å². The summed E-state index contributed by atoms with van der Waals surface area (Å²) in [5.74, 6) is -2.30. The first-order valence-corrected chi connectivity index (χ1v) is 16.2. The van der Waals surface area contributed by atoms with Crippen LogP contribution >= 0.6 is 23.2 Å². The van der Waals surface area contributed by atoms with Crippen molar-refractivity contribution in [2.75, 3.05) is 26.0 Å². The van der Waals surface area contributed by atoms with E-state index in [0.29, 0.717) is 50.1 Å². The number of aromatic nitrogens is 2. The molecule has 2 aliphatic carbocycles. The van der Waals surface area contributed by atoms with Crippen LogP contribution < -0.4 is 5.32 Å². The zero-order chi connectivity index (χ0) is 31.6. The molecular formula is C33H39Cl2FN4O4. The van der Waals surface area contributed by atoms with Crippen LogP contribution in [0.5, 0.6) is 0 Å². The summed E-state index contributed by atoms with van der Waals surface area (Å²) >= 11 is 12.5. The molecule has 6 rings (SSSR count). The molecule has 1 saturated heterocycles. The van der Waals surface area contributed by atoms with Gasteiger partial charge in [0.25, 0.3) is 5.91 Å². The van der Waals surface area contributed by atoms with Gasteiger partial charge < -0.3 is 15.0 Å². The smallest absolute Gasteiger partial charge is 0.251 e. The number of nitrogens with zero attached hydrogens (tertiary/aromatic N) is 3. The molecule has 0 aromatic carbocycles. The summed E-state index contributed by atoms with van der Waals surface area (Å²) in [6.45, 7) is 4.75. The number of likely N-dealkylation sites (N-methyl/N-ethyl adjacent to an activating group) is 1. The molecular weight excluding hydrogens is 606 g/mol. The fourth-order valence-corrected chi connectivity index (χ4v) is 8.97. The van der Waals surface area contributed by atoms with E-state index < -0.39 is 34.6 Å². The van der Waals surface area contributed by atoms with Gasteiger partial charge in [-0.2, -0.15) is 0 Å². The van der Waals surface area contributed by atoms with Gasteiger partial charge in [-0.1, -0.05) is 43.1 Å². The van der Waals surface area contributed by atoms with Crippen LogP contribution in [0.1, 0.15) is 82.3 Å². The molecule has 44 heavy (non-hydrogen) atoms. The molecule has 4 heterocycles. The molecule has 2 aromatic rings. The topological polar surface area (TPSA) is 101 Å². The van der Waals surface area contributed by atoms with Crippen LogP contribution in [-0.2, 0) is 24.5 Å². The number of Topliss-reactive ketones (excluding diaryl/α,β-unsaturated/α-hetero) is 1. The molecule has 8 nitrogen and oxygen atoms in total. The summed E-state index contributed by atoms with van der Waals surface area (Å²) in [6.07, 6.45) is 5.92. The molecule has 4 aliphatic rings. The van der Waals surface area contributed by atoms with Crippen molar-refractivity contribution < 1.29 is 23.5 Å². The third-order valence-corrected chi connectivity index (χ3v) is 11.4. The SMILES string of the molecule is CN(C)C(=O)[C@@H]1CC[C@@H](CC(=O)[C@@H]2CC3(CCC(C)(C)CC3)[C@@]3(C(=O)Nc4nc(Cl)ccc43)[C@H]2c2ccnc(Cl)c2F)CO1. The number of amides is 2. The Balaban J connectivity index is 1.44. The molecule has 2 saturated carbocycles. The van der Waals surface area contributed by atoms with Crippen LogP contribution in [0.15, 0.2) is 24.4 Å². The molecule has 0 radical (unpaired) electrons. The van der Waals surface area contributed by atoms with Gasteiger partial charge in [0, 0.05) is 44.1 Å². The van der Waals surface area contributed by atoms with Crippen molar-refractivity contribution in [3.8, 4) is 0 Å². The van der Waals surface area contributed by atoms with Gasteiger partial charge in [0.1, 0.15) is 22.9 Å². The number of halogens is 3. The van der Waals surface area contributed by atoms with E-state index in [-0.39, 0.29) is 51.2 Å². The Morgan fingerprint density at radius 3 is 2.50 bits per heavy atom. The van der Waals surface area contributed by atoms with E-state index in [1.165, 1.54) is 11.1 Å². The van der Waals surface area contributed by atoms with E-state index in [0.717, 1.165) is 12.8 Å². The van der Waals surface area contributed by atoms with Crippen molar-refractivity contribution in [2.24, 2.45) is 22.7 Å². The highest BCUT2D eigenvalue weighted by Crippen LogP contribution is 2.72. The minimum Gasteiger partial charge on any atom is -0.368 e. The molecule has 2 aliphatic heterocycles. The molecule has 2 amide bonds. The average Bonchev–Trinajstić information content (AvgIpc) is 3.44. The average molecular weight is 646 g/mol. The fraction of sp³-hybridized carbons (Fsp3) is 0.606. The minimum absolute atomic E-state index is 0.0300. The van der Waals surface area contributed by atoms with Crippen LogP contribution in [0.25, 0.3) is 0 Å². The first-order chi connectivity index (χ1) is 20.8. The van der Waals surface area contributed by atoms with Gasteiger partial charge in [0.2, 0.25) is 5.91 Å². The third kappa shape index (κ3) is 4.94. The first kappa shape index (κ1) is 31.4. The summed E-state index contributed by atoms with van der Waals surface area (Å²) in [7, 11) is 3.40. The van der Waals surface area contributed by atoms with Gasteiger partial charge in [-0.15, -0.1) is 0 Å². The van der Waals surface area contributed by atoms with Crippen molar-refractivity contribution in [3.63, 3.8) is 0 Å². The molecule has 236 valence electrons. The lowest BCUT2D eigenvalue weighted by atomic mass is 9.51. The quantitative estimate of drug-likeness (QED) is 0.381. The highest BCUT2D eigenvalue weighted by Gasteiger charge is 2.72. The summed E-state index contributed by atoms with van der Waals surface area (Å²) in [5, 5.41) is 2.94. The number of hydrogen-bond acceptors (Lipinski definition) is 6. The van der Waals surface area contributed by atoms with Gasteiger partial charge in [-0.05, 0) is 79.4 Å². The second-order valence-electron chi connectivity index (χ2n) is 14.2. The Morgan fingerprint density at radius 1 is 1.11 bits per heavy atom. The van der Waals surface area contributed by atoms with Crippen molar-refractivity contribution in [3.05, 3.63) is 51.6 Å². The van der Waals surface area contributed by atoms with Crippen LogP contribution in [0.2, 0.25) is 10.3 Å². The maximum absolute atomic E-state index is 16.1. The number of carbonyl (C=O) groups is 3. The zero-order valence-corrected chi connectivity index (χ0v) is 27.1. The Kier molecular flexibility index (Phi) is 8.07. The number of rotatable bonds is 5. The lowest BCUT2D eigenvalue weighted by Crippen LogP contribution is -2.52. The summed E-state index contributed by atoms with van der Waals surface area (Å²) in [6, 6.07) is 5.05. The van der Waals surface area contributed by atoms with E-state index in [1.54, 1.807) is 26.2 Å². The van der Waals surface area contributed by atoms with Gasteiger partial charge in [-0.25, -0.2) is 14.4 Å². The molecule has 11 heteroatoms. The van der Waals surface area contributed by atoms with E-state index in [1.807, 2.05) is 6.07 Å². The lowest BCUT2D eigenvalue weighted by molar-refractivity contribution is -0.146. The monoisotopic (exact) mass is 644 g/mol. The Morgan fingerprint density at radius 2 is 1.84 bits per heavy atom. The third-order valence-electron chi connectivity index (χ3n) is 11.0. The number of ether oxygens (including phenoxy) is 1. The predicted octanol–water partition coefficient (Wildman–Crippen LogP) is 6.35. The normalized spacial score (nSPS) is 30.3. The van der Waals surface area contributed by atoms with Crippen LogP contribution in [0.3, 0.4) is 0 Å². The second kappa shape index (κ2) is 11.3. The minimum atomic E-state index is -1.26. The molecule has 2 aromatic heterocycles. The Hall–Kier alpha value is -2.62. The lowest BCUT2D eigenvalue weighted by Gasteiger charge is -2.50. The van der Waals surface area contributed by atoms with Gasteiger partial charge >= 0.3 is 0 Å². The maximum atomic E-state index is 16.1. The summed E-state index contributed by atoms with van der Waals surface area (Å²) in [4.78, 5) is 51.4. The molecule has 5 atom stereocenters. The molecule has 0 bridgehead atoms. The number of fused-ring (bicyclic) bond motifs is 3. The summed E-state index contributed by atoms with van der Waals surface area (Å²) < 4.78 is 22.0. The van der Waals surface area contributed by atoms with Crippen molar-refractivity contribution in [1.82, 2.24) is 14.9 Å². The number of carbonyl (C=O) groups excluding carboxylic acids is 3. The molecule has 0 unspecified atom stereocenters. The largest absolute Gasteiger partial charge is 0.368 e. The fourth-order valence-electron chi connectivity index (χ4n) is 8.66. The predicted molar refractivity (Wildman–Crippen MR) is 165 cm³/mol. The van der Waals surface area contributed by atoms with Gasteiger partial charge in [0.05, 0.1) is 12.0 Å². The number of hydrogen-bond donors (Lipinski definition) is 1. The van der Waals surface area contributed by atoms with E-state index in [2.05, 4.69) is 29.1 Å². The first-order valence-electron chi connectivity index (χ1n) is 15.4. The number of nitrogens with one attached hydrogen (secondary N) is 1. The molecule has 3 fully saturated rings. The second-order valence-corrected chi connectivity index (χ2v) is 14.9. The standard InChI is InChI=1S/C33H39Cl2FN4O4/c1-31(2)10-12-32(13-11-31)16-20(22(41)15-18-5-7-23(44-17-18)29(42)40(3)4)25(19-9-14-37-27(35)26(19)36)33(32)21-6-8-24(34)38-28(21)39-30(33)43/h6,8-9,14,18,20,23,25H,5,7,10-13,15-17H2,1-4H3,(H,38,39,43)/t18-,20-,23-,25-,33+/m0/s1. The molecule has 1 N–H and O–H groups in total. The Bertz CT molecular complexity index is 1500. The van der Waals surface area contributed by atoms with Crippen LogP contribution in [-0.4, -0.2) is 59.3 Å². The molecule has 2 spiro atoms. The number of anilines is 1. The van der Waals surface area contributed by atoms with Crippen molar-refractivity contribution >= 4 is 46.6 Å². The zero-order valence-electron chi connectivity index (χ0n) is 25.6. The van der Waals surface area contributed by atoms with Crippen LogP contribution in [0.4, 0.5) is 10.2 Å². The van der Waals surface area contributed by atoms with Gasteiger partial charge in [-0.3, -0.25) is 14.4 Å². The number of pyridine rings is 2. The van der Waals surface area contributed by atoms with E-state index >= 15 is 4.39 Å².